The third kappa shape index (κ3) is 8.61. The Labute approximate surface area is 263 Å². The average molecular weight is 641 g/mol. The number of ether oxygens (including phenoxy) is 3. The second-order valence-electron chi connectivity index (χ2n) is 9.55. The summed E-state index contributed by atoms with van der Waals surface area (Å²) in [5, 5.41) is 2.16. The van der Waals surface area contributed by atoms with Gasteiger partial charge in [-0.1, -0.05) is 43.1 Å². The van der Waals surface area contributed by atoms with Crippen molar-refractivity contribution in [3.63, 3.8) is 0 Å². The van der Waals surface area contributed by atoms with E-state index < -0.39 is 29.6 Å². The summed E-state index contributed by atoms with van der Waals surface area (Å²) in [7, 11) is 0. The number of benzene rings is 3. The van der Waals surface area contributed by atoms with Gasteiger partial charge in [0.15, 0.2) is 11.5 Å². The number of hydrogen-bond acceptors (Lipinski definition) is 8. The summed E-state index contributed by atoms with van der Waals surface area (Å²) in [6.07, 6.45) is 3.10. The average Bonchev–Trinajstić information content (AvgIpc) is 3.25. The zero-order valence-corrected chi connectivity index (χ0v) is 25.6. The number of hydrogen-bond donors (Lipinski definition) is 1. The molecule has 9 nitrogen and oxygen atoms in total. The number of carbonyl (C=O) groups excluding carboxylic acids is 4. The molecule has 230 valence electrons. The lowest BCUT2D eigenvalue weighted by Crippen LogP contribution is -2.36. The Hall–Kier alpha value is -4.35. The number of carbonyl (C=O) groups is 4. The molecule has 3 aromatic rings. The third-order valence-corrected chi connectivity index (χ3v) is 7.49. The van der Waals surface area contributed by atoms with Crippen LogP contribution < -0.4 is 14.8 Å². The summed E-state index contributed by atoms with van der Waals surface area (Å²) in [6.45, 7) is 4.06. The van der Waals surface area contributed by atoms with Crippen molar-refractivity contribution in [2.45, 2.75) is 33.3 Å². The van der Waals surface area contributed by atoms with Crippen LogP contribution in [0.1, 0.15) is 48.2 Å². The van der Waals surface area contributed by atoms with Crippen molar-refractivity contribution >= 4 is 58.1 Å². The summed E-state index contributed by atoms with van der Waals surface area (Å²) in [5.74, 6) is -1.33. The molecule has 0 aliphatic carbocycles. The lowest BCUT2D eigenvalue weighted by molar-refractivity contribution is -0.127. The summed E-state index contributed by atoms with van der Waals surface area (Å²) in [4.78, 5) is 51.8. The Bertz CT molecular complexity index is 1580. The number of nitrogens with zero attached hydrogens (tertiary/aromatic N) is 1. The van der Waals surface area contributed by atoms with Crippen molar-refractivity contribution in [2.24, 2.45) is 0 Å². The fraction of sp³-hybridized carbons (Fsp3) is 0.250. The van der Waals surface area contributed by atoms with Crippen molar-refractivity contribution in [3.8, 4) is 11.5 Å². The van der Waals surface area contributed by atoms with Crippen LogP contribution in [0.5, 0.6) is 11.5 Å². The minimum Gasteiger partial charge on any atom is -0.490 e. The number of anilines is 1. The number of halogens is 2. The number of rotatable bonds is 13. The Balaban J connectivity index is 1.41. The van der Waals surface area contributed by atoms with Crippen molar-refractivity contribution in [1.29, 1.82) is 0 Å². The highest BCUT2D eigenvalue weighted by molar-refractivity contribution is 8.18. The van der Waals surface area contributed by atoms with Gasteiger partial charge in [0.25, 0.3) is 11.1 Å². The molecule has 0 spiro atoms. The first kappa shape index (κ1) is 32.6. The first-order chi connectivity index (χ1) is 21.2. The quantitative estimate of drug-likeness (QED) is 0.120. The maximum Gasteiger partial charge on any atom is 0.339 e. The van der Waals surface area contributed by atoms with Crippen molar-refractivity contribution in [2.75, 3.05) is 25.1 Å². The largest absolute Gasteiger partial charge is 0.490 e. The van der Waals surface area contributed by atoms with Crippen molar-refractivity contribution < 1.29 is 37.8 Å². The number of imide groups is 1. The standard InChI is InChI=1S/C32H30ClFN2O7S/c1-3-5-14-42-31(39)24-17-23(11-12-25(24)33)35-29(37)18-36-30(38)28(44-32(36)40)16-21-8-13-26(27(15-21)41-4-2)43-19-20-6-9-22(34)10-7-20/h6-13,15-17H,3-5,14,18-19H2,1-2H3,(H,35,37)/b28-16-. The number of amides is 3. The first-order valence-corrected chi connectivity index (χ1v) is 15.0. The Morgan fingerprint density at radius 3 is 2.50 bits per heavy atom. The fourth-order valence-electron chi connectivity index (χ4n) is 4.02. The molecule has 1 heterocycles. The number of nitrogens with one attached hydrogen (secondary N) is 1. The van der Waals surface area contributed by atoms with Crippen LogP contribution in [0, 0.1) is 5.82 Å². The van der Waals surface area contributed by atoms with Gasteiger partial charge in [0, 0.05) is 5.69 Å². The molecule has 0 bridgehead atoms. The van der Waals surface area contributed by atoms with Crippen LogP contribution in [-0.2, 0) is 20.9 Å². The van der Waals surface area contributed by atoms with Gasteiger partial charge in [0.05, 0.1) is 28.7 Å². The van der Waals surface area contributed by atoms with E-state index in [0.29, 0.717) is 41.9 Å². The molecule has 0 aromatic heterocycles. The highest BCUT2D eigenvalue weighted by atomic mass is 35.5. The number of unbranched alkanes of at least 4 members (excludes halogenated alkanes) is 1. The van der Waals surface area contributed by atoms with Gasteiger partial charge in [0.1, 0.15) is 19.0 Å². The van der Waals surface area contributed by atoms with Gasteiger partial charge in [-0.15, -0.1) is 0 Å². The monoisotopic (exact) mass is 640 g/mol. The van der Waals surface area contributed by atoms with Gasteiger partial charge in [0.2, 0.25) is 5.91 Å². The lowest BCUT2D eigenvalue weighted by atomic mass is 10.1. The predicted molar refractivity (Wildman–Crippen MR) is 166 cm³/mol. The molecule has 1 fully saturated rings. The Kier molecular flexibility index (Phi) is 11.4. The molecule has 0 saturated carbocycles. The number of esters is 1. The Morgan fingerprint density at radius 1 is 1.00 bits per heavy atom. The highest BCUT2D eigenvalue weighted by Gasteiger charge is 2.36. The summed E-state index contributed by atoms with van der Waals surface area (Å²) in [5.41, 5.74) is 1.71. The molecule has 4 rings (SSSR count). The smallest absolute Gasteiger partial charge is 0.339 e. The predicted octanol–water partition coefficient (Wildman–Crippen LogP) is 7.09. The van der Waals surface area contributed by atoms with Crippen LogP contribution in [0.25, 0.3) is 6.08 Å². The molecule has 1 aliphatic heterocycles. The van der Waals surface area contributed by atoms with Gasteiger partial charge in [-0.3, -0.25) is 19.3 Å². The molecule has 12 heteroatoms. The molecule has 1 N–H and O–H groups in total. The minimum absolute atomic E-state index is 0.0907. The highest BCUT2D eigenvalue weighted by Crippen LogP contribution is 2.35. The van der Waals surface area contributed by atoms with E-state index in [0.717, 1.165) is 16.9 Å². The van der Waals surface area contributed by atoms with Crippen molar-refractivity contribution in [3.05, 3.63) is 93.1 Å². The summed E-state index contributed by atoms with van der Waals surface area (Å²) < 4.78 is 30.0. The van der Waals surface area contributed by atoms with E-state index in [1.54, 1.807) is 30.3 Å². The second-order valence-corrected chi connectivity index (χ2v) is 11.0. The zero-order valence-electron chi connectivity index (χ0n) is 24.1. The molecular weight excluding hydrogens is 611 g/mol. The second kappa shape index (κ2) is 15.4. The topological polar surface area (TPSA) is 111 Å². The number of thioether (sulfide) groups is 1. The van der Waals surface area contributed by atoms with E-state index in [4.69, 9.17) is 25.8 Å². The molecule has 3 amide bonds. The first-order valence-electron chi connectivity index (χ1n) is 13.8. The Morgan fingerprint density at radius 2 is 1.77 bits per heavy atom. The summed E-state index contributed by atoms with van der Waals surface area (Å²) >= 11 is 6.85. The molecule has 0 atom stereocenters. The molecule has 0 radical (unpaired) electrons. The normalized spacial score (nSPS) is 13.7. The van der Waals surface area contributed by atoms with Crippen LogP contribution in [-0.4, -0.2) is 47.7 Å². The van der Waals surface area contributed by atoms with E-state index >= 15 is 0 Å². The SMILES string of the molecule is CCCCOC(=O)c1cc(NC(=O)CN2C(=O)S/C(=C\c3ccc(OCc4ccc(F)cc4)c(OCC)c3)C2=O)ccc1Cl. The maximum atomic E-state index is 13.2. The van der Waals surface area contributed by atoms with Crippen LogP contribution in [0.3, 0.4) is 0 Å². The third-order valence-electron chi connectivity index (χ3n) is 6.25. The maximum absolute atomic E-state index is 13.2. The molecule has 1 saturated heterocycles. The van der Waals surface area contributed by atoms with Crippen LogP contribution in [0.2, 0.25) is 5.02 Å². The molecule has 3 aromatic carbocycles. The lowest BCUT2D eigenvalue weighted by Gasteiger charge is -2.14. The van der Waals surface area contributed by atoms with Gasteiger partial charge >= 0.3 is 5.97 Å². The minimum atomic E-state index is -0.637. The zero-order chi connectivity index (χ0) is 31.6. The van der Waals surface area contributed by atoms with Gasteiger partial charge in [-0.25, -0.2) is 9.18 Å². The van der Waals surface area contributed by atoms with E-state index in [2.05, 4.69) is 5.32 Å². The van der Waals surface area contributed by atoms with Crippen LogP contribution >= 0.6 is 23.4 Å². The van der Waals surface area contributed by atoms with E-state index in [1.807, 2.05) is 13.8 Å². The fourth-order valence-corrected chi connectivity index (χ4v) is 5.05. The van der Waals surface area contributed by atoms with E-state index in [1.165, 1.54) is 36.4 Å². The van der Waals surface area contributed by atoms with Gasteiger partial charge in [-0.05, 0) is 84.8 Å². The molecule has 0 unspecified atom stereocenters. The van der Waals surface area contributed by atoms with Crippen LogP contribution in [0.4, 0.5) is 14.9 Å². The summed E-state index contributed by atoms with van der Waals surface area (Å²) in [6, 6.07) is 15.3. The molecule has 1 aliphatic rings. The van der Waals surface area contributed by atoms with Gasteiger partial charge in [-0.2, -0.15) is 0 Å². The molecule has 44 heavy (non-hydrogen) atoms. The van der Waals surface area contributed by atoms with Gasteiger partial charge < -0.3 is 19.5 Å². The van der Waals surface area contributed by atoms with E-state index in [9.17, 15) is 23.6 Å². The van der Waals surface area contributed by atoms with Crippen molar-refractivity contribution in [1.82, 2.24) is 4.90 Å². The van der Waals surface area contributed by atoms with Crippen LogP contribution in [0.15, 0.2) is 65.6 Å². The van der Waals surface area contributed by atoms with E-state index in [-0.39, 0.29) is 40.2 Å². The molecular formula is C32H30ClFN2O7S.